The molecule has 0 aromatic heterocycles. The van der Waals surface area contributed by atoms with Crippen LogP contribution in [0.25, 0.3) is 0 Å². The Balaban J connectivity index is 2.59. The number of hydrogen-bond acceptors (Lipinski definition) is 1. The van der Waals surface area contributed by atoms with Crippen LogP contribution in [0.15, 0.2) is 30.3 Å². The summed E-state index contributed by atoms with van der Waals surface area (Å²) in [4.78, 5) is 0. The van der Waals surface area contributed by atoms with Gasteiger partial charge >= 0.3 is 0 Å². The summed E-state index contributed by atoms with van der Waals surface area (Å²) in [5, 5.41) is 3.81. The maximum atomic E-state index is 3.81. The van der Waals surface area contributed by atoms with Gasteiger partial charge < -0.3 is 5.32 Å². The van der Waals surface area contributed by atoms with Gasteiger partial charge in [0, 0.05) is 12.1 Å². The van der Waals surface area contributed by atoms with Crippen molar-refractivity contribution in [2.75, 3.05) is 0 Å². The molecule has 0 aliphatic rings. The van der Waals surface area contributed by atoms with Gasteiger partial charge in [0.1, 0.15) is 0 Å². The molecule has 114 valence electrons. The zero-order valence-electron chi connectivity index (χ0n) is 14.2. The summed E-state index contributed by atoms with van der Waals surface area (Å²) >= 11 is 0. The Labute approximate surface area is 126 Å². The van der Waals surface area contributed by atoms with Gasteiger partial charge in [0.05, 0.1) is 0 Å². The van der Waals surface area contributed by atoms with Crippen LogP contribution in [0, 0.1) is 5.92 Å². The SMILES string of the molecule is CCC(CC)C(C)NC(C)CC(C)(C)c1ccccc1. The van der Waals surface area contributed by atoms with Crippen molar-refractivity contribution < 1.29 is 0 Å². The minimum atomic E-state index is 0.224. The molecule has 0 saturated heterocycles. The Bertz CT molecular complexity index is 365. The van der Waals surface area contributed by atoms with Crippen LogP contribution in [0.5, 0.6) is 0 Å². The van der Waals surface area contributed by atoms with Crippen LogP contribution in [0.2, 0.25) is 0 Å². The van der Waals surface area contributed by atoms with Gasteiger partial charge in [-0.1, -0.05) is 70.9 Å². The summed E-state index contributed by atoms with van der Waals surface area (Å²) in [7, 11) is 0. The standard InChI is InChI=1S/C19H33N/c1-7-17(8-2)16(4)20-15(3)14-19(5,6)18-12-10-9-11-13-18/h9-13,15-17,20H,7-8,14H2,1-6H3. The van der Waals surface area contributed by atoms with E-state index in [4.69, 9.17) is 0 Å². The molecular formula is C19H33N. The molecule has 0 heterocycles. The average Bonchev–Trinajstić information content (AvgIpc) is 2.40. The van der Waals surface area contributed by atoms with Crippen LogP contribution in [0.3, 0.4) is 0 Å². The van der Waals surface area contributed by atoms with Crippen LogP contribution in [0.4, 0.5) is 0 Å². The summed E-state index contributed by atoms with van der Waals surface area (Å²) in [6.45, 7) is 14.0. The van der Waals surface area contributed by atoms with E-state index in [9.17, 15) is 0 Å². The molecule has 0 amide bonds. The summed E-state index contributed by atoms with van der Waals surface area (Å²) in [5.41, 5.74) is 1.66. The molecule has 0 aliphatic heterocycles. The van der Waals surface area contributed by atoms with Crippen LogP contribution >= 0.6 is 0 Å². The van der Waals surface area contributed by atoms with Gasteiger partial charge in [0.25, 0.3) is 0 Å². The Kier molecular flexibility index (Phi) is 6.75. The van der Waals surface area contributed by atoms with Gasteiger partial charge in [0.15, 0.2) is 0 Å². The summed E-state index contributed by atoms with van der Waals surface area (Å²) in [6.07, 6.45) is 3.69. The second-order valence-electron chi connectivity index (χ2n) is 6.89. The summed E-state index contributed by atoms with van der Waals surface area (Å²) < 4.78 is 0. The molecule has 1 rings (SSSR count). The first-order valence-electron chi connectivity index (χ1n) is 8.22. The second-order valence-corrected chi connectivity index (χ2v) is 6.89. The quantitative estimate of drug-likeness (QED) is 0.691. The first kappa shape index (κ1) is 17.2. The van der Waals surface area contributed by atoms with E-state index in [1.807, 2.05) is 0 Å². The molecule has 20 heavy (non-hydrogen) atoms. The molecule has 1 heteroatoms. The molecule has 0 saturated carbocycles. The maximum absolute atomic E-state index is 3.81. The van der Waals surface area contributed by atoms with Gasteiger partial charge in [0.2, 0.25) is 0 Å². The van der Waals surface area contributed by atoms with Crippen molar-refractivity contribution in [3.05, 3.63) is 35.9 Å². The molecule has 0 radical (unpaired) electrons. The monoisotopic (exact) mass is 275 g/mol. The maximum Gasteiger partial charge on any atom is 0.00692 e. The normalized spacial score (nSPS) is 15.3. The van der Waals surface area contributed by atoms with Gasteiger partial charge in [-0.2, -0.15) is 0 Å². The largest absolute Gasteiger partial charge is 0.311 e. The molecule has 0 bridgehead atoms. The third-order valence-corrected chi connectivity index (χ3v) is 4.68. The number of benzene rings is 1. The lowest BCUT2D eigenvalue weighted by Gasteiger charge is -2.32. The molecule has 0 spiro atoms. The van der Waals surface area contributed by atoms with E-state index in [-0.39, 0.29) is 5.41 Å². The van der Waals surface area contributed by atoms with E-state index in [0.717, 1.165) is 5.92 Å². The number of rotatable bonds is 8. The predicted octanol–water partition coefficient (Wildman–Crippen LogP) is 5.16. The topological polar surface area (TPSA) is 12.0 Å². The van der Waals surface area contributed by atoms with Gasteiger partial charge in [-0.05, 0) is 37.2 Å². The highest BCUT2D eigenvalue weighted by Crippen LogP contribution is 2.28. The molecule has 0 aliphatic carbocycles. The van der Waals surface area contributed by atoms with E-state index < -0.39 is 0 Å². The lowest BCUT2D eigenvalue weighted by Crippen LogP contribution is -2.42. The Morgan fingerprint density at radius 3 is 2.05 bits per heavy atom. The van der Waals surface area contributed by atoms with Gasteiger partial charge in [-0.3, -0.25) is 0 Å². The van der Waals surface area contributed by atoms with Gasteiger partial charge in [-0.15, -0.1) is 0 Å². The third-order valence-electron chi connectivity index (χ3n) is 4.68. The first-order chi connectivity index (χ1) is 9.40. The van der Waals surface area contributed by atoms with Crippen molar-refractivity contribution in [1.82, 2.24) is 5.32 Å². The predicted molar refractivity (Wildman–Crippen MR) is 90.2 cm³/mol. The molecule has 0 fully saturated rings. The zero-order chi connectivity index (χ0) is 15.2. The molecule has 1 N–H and O–H groups in total. The minimum Gasteiger partial charge on any atom is -0.311 e. The Morgan fingerprint density at radius 2 is 1.55 bits per heavy atom. The Morgan fingerprint density at radius 1 is 1.00 bits per heavy atom. The number of hydrogen-bond donors (Lipinski definition) is 1. The van der Waals surface area contributed by atoms with Crippen molar-refractivity contribution in [3.8, 4) is 0 Å². The average molecular weight is 275 g/mol. The summed E-state index contributed by atoms with van der Waals surface area (Å²) in [5.74, 6) is 0.789. The molecule has 1 aromatic rings. The van der Waals surface area contributed by atoms with Crippen LogP contribution < -0.4 is 5.32 Å². The zero-order valence-corrected chi connectivity index (χ0v) is 14.2. The van der Waals surface area contributed by atoms with E-state index in [2.05, 4.69) is 77.2 Å². The first-order valence-corrected chi connectivity index (χ1v) is 8.22. The highest BCUT2D eigenvalue weighted by Gasteiger charge is 2.24. The summed E-state index contributed by atoms with van der Waals surface area (Å²) in [6, 6.07) is 12.0. The highest BCUT2D eigenvalue weighted by molar-refractivity contribution is 5.23. The van der Waals surface area contributed by atoms with Crippen LogP contribution in [-0.2, 0) is 5.41 Å². The van der Waals surface area contributed by atoms with Crippen LogP contribution in [0.1, 0.15) is 66.4 Å². The fraction of sp³-hybridized carbons (Fsp3) is 0.684. The molecule has 2 atom stereocenters. The lowest BCUT2D eigenvalue weighted by molar-refractivity contribution is 0.296. The highest BCUT2D eigenvalue weighted by atomic mass is 14.9. The Hall–Kier alpha value is -0.820. The molecule has 1 nitrogen and oxygen atoms in total. The van der Waals surface area contributed by atoms with Crippen molar-refractivity contribution in [2.45, 2.75) is 78.3 Å². The fourth-order valence-corrected chi connectivity index (χ4v) is 3.41. The fourth-order valence-electron chi connectivity index (χ4n) is 3.41. The lowest BCUT2D eigenvalue weighted by atomic mass is 9.79. The minimum absolute atomic E-state index is 0.224. The van der Waals surface area contributed by atoms with Crippen LogP contribution in [-0.4, -0.2) is 12.1 Å². The van der Waals surface area contributed by atoms with Crippen molar-refractivity contribution in [1.29, 1.82) is 0 Å². The van der Waals surface area contributed by atoms with Crippen molar-refractivity contribution in [3.63, 3.8) is 0 Å². The van der Waals surface area contributed by atoms with E-state index >= 15 is 0 Å². The van der Waals surface area contributed by atoms with Crippen molar-refractivity contribution >= 4 is 0 Å². The smallest absolute Gasteiger partial charge is 0.00692 e. The van der Waals surface area contributed by atoms with E-state index in [1.165, 1.54) is 24.8 Å². The number of nitrogens with one attached hydrogen (secondary N) is 1. The molecule has 1 aromatic carbocycles. The van der Waals surface area contributed by atoms with E-state index in [0.29, 0.717) is 12.1 Å². The third kappa shape index (κ3) is 4.94. The van der Waals surface area contributed by atoms with E-state index in [1.54, 1.807) is 0 Å². The molecular weight excluding hydrogens is 242 g/mol. The molecule has 2 unspecified atom stereocenters. The van der Waals surface area contributed by atoms with Gasteiger partial charge in [-0.25, -0.2) is 0 Å². The van der Waals surface area contributed by atoms with Crippen molar-refractivity contribution in [2.24, 2.45) is 5.92 Å². The second kappa shape index (κ2) is 7.83.